The number of hydrogen-bond donors (Lipinski definition) is 1. The van der Waals surface area contributed by atoms with E-state index >= 15 is 0 Å². The van der Waals surface area contributed by atoms with Gasteiger partial charge < -0.3 is 10.2 Å². The van der Waals surface area contributed by atoms with Crippen LogP contribution in [0.2, 0.25) is 5.02 Å². The Hall–Kier alpha value is -2.40. The summed E-state index contributed by atoms with van der Waals surface area (Å²) < 4.78 is 13.1. The fraction of sp³-hybridized carbons (Fsp3) is 0.364. The lowest BCUT2D eigenvalue weighted by Crippen LogP contribution is -2.49. The molecule has 0 unspecified atom stereocenters. The topological polar surface area (TPSA) is 49.4 Å². The number of nitrogens with zero attached hydrogens (tertiary/aromatic N) is 1. The molecular weight excluding hydrogens is 379 g/mol. The van der Waals surface area contributed by atoms with Gasteiger partial charge in [-0.2, -0.15) is 0 Å². The molecule has 4 nitrogen and oxygen atoms in total. The summed E-state index contributed by atoms with van der Waals surface area (Å²) in [6.45, 7) is 5.83. The van der Waals surface area contributed by atoms with Crippen LogP contribution in [0.1, 0.15) is 38.3 Å². The van der Waals surface area contributed by atoms with Crippen LogP contribution in [0, 0.1) is 5.82 Å². The van der Waals surface area contributed by atoms with Crippen molar-refractivity contribution in [2.45, 2.75) is 52.2 Å². The first-order valence-electron chi connectivity index (χ1n) is 9.39. The molecule has 0 aromatic heterocycles. The first kappa shape index (κ1) is 21.9. The molecule has 1 N–H and O–H groups in total. The molecule has 0 bridgehead atoms. The minimum atomic E-state index is -0.668. The molecule has 6 heteroatoms. The lowest BCUT2D eigenvalue weighted by atomic mass is 10.1. The molecule has 0 heterocycles. The minimum Gasteiger partial charge on any atom is -0.352 e. The maximum absolute atomic E-state index is 13.1. The van der Waals surface area contributed by atoms with Crippen LogP contribution in [-0.2, 0) is 22.6 Å². The molecule has 0 saturated heterocycles. The highest BCUT2D eigenvalue weighted by molar-refractivity contribution is 6.31. The maximum Gasteiger partial charge on any atom is 0.242 e. The molecule has 2 atom stereocenters. The summed E-state index contributed by atoms with van der Waals surface area (Å²) in [4.78, 5) is 27.2. The number of carbonyl (C=O) groups is 2. The first-order chi connectivity index (χ1) is 13.3. The molecule has 0 fully saturated rings. The zero-order valence-corrected chi connectivity index (χ0v) is 17.2. The molecule has 150 valence electrons. The Morgan fingerprint density at radius 3 is 2.36 bits per heavy atom. The number of rotatable bonds is 8. The first-order valence-corrected chi connectivity index (χ1v) is 9.77. The van der Waals surface area contributed by atoms with E-state index < -0.39 is 6.04 Å². The third-order valence-corrected chi connectivity index (χ3v) is 5.10. The summed E-state index contributed by atoms with van der Waals surface area (Å²) in [5.74, 6) is -0.794. The number of amides is 2. The second-order valence-corrected chi connectivity index (χ2v) is 7.32. The van der Waals surface area contributed by atoms with Gasteiger partial charge in [0.15, 0.2) is 0 Å². The van der Waals surface area contributed by atoms with Gasteiger partial charge in [-0.05, 0) is 49.6 Å². The Morgan fingerprint density at radius 2 is 1.75 bits per heavy atom. The van der Waals surface area contributed by atoms with Crippen LogP contribution in [0.25, 0.3) is 0 Å². The maximum atomic E-state index is 13.1. The van der Waals surface area contributed by atoms with Crippen molar-refractivity contribution in [3.63, 3.8) is 0 Å². The van der Waals surface area contributed by atoms with E-state index in [1.165, 1.54) is 17.0 Å². The predicted octanol–water partition coefficient (Wildman–Crippen LogP) is 4.35. The Labute approximate surface area is 170 Å². The number of hydrogen-bond acceptors (Lipinski definition) is 2. The average molecular weight is 405 g/mol. The largest absolute Gasteiger partial charge is 0.352 e. The molecule has 0 radical (unpaired) electrons. The molecule has 0 aliphatic carbocycles. The highest BCUT2D eigenvalue weighted by Gasteiger charge is 2.27. The third-order valence-electron chi connectivity index (χ3n) is 4.74. The van der Waals surface area contributed by atoms with E-state index in [4.69, 9.17) is 11.6 Å². The van der Waals surface area contributed by atoms with Crippen molar-refractivity contribution in [2.75, 3.05) is 0 Å². The second kappa shape index (κ2) is 10.2. The van der Waals surface area contributed by atoms with Crippen LogP contribution < -0.4 is 5.32 Å². The second-order valence-electron chi connectivity index (χ2n) is 6.91. The molecule has 2 rings (SSSR count). The molecular formula is C22H26ClFN2O2. The number of benzene rings is 2. The number of nitrogens with one attached hydrogen (secondary N) is 1. The van der Waals surface area contributed by atoms with Crippen molar-refractivity contribution >= 4 is 23.4 Å². The van der Waals surface area contributed by atoms with Crippen molar-refractivity contribution in [1.29, 1.82) is 0 Å². The van der Waals surface area contributed by atoms with E-state index in [0.29, 0.717) is 10.6 Å². The van der Waals surface area contributed by atoms with Gasteiger partial charge in [-0.1, -0.05) is 48.9 Å². The van der Waals surface area contributed by atoms with Crippen molar-refractivity contribution in [1.82, 2.24) is 10.2 Å². The third kappa shape index (κ3) is 6.06. The molecule has 28 heavy (non-hydrogen) atoms. The average Bonchev–Trinajstić information content (AvgIpc) is 2.68. The van der Waals surface area contributed by atoms with E-state index in [9.17, 15) is 14.0 Å². The van der Waals surface area contributed by atoms with E-state index in [1.54, 1.807) is 25.1 Å². The molecule has 2 aromatic carbocycles. The molecule has 0 spiro atoms. The Morgan fingerprint density at radius 1 is 1.11 bits per heavy atom. The van der Waals surface area contributed by atoms with Gasteiger partial charge in [0.25, 0.3) is 0 Å². The summed E-state index contributed by atoms with van der Waals surface area (Å²) >= 11 is 6.26. The van der Waals surface area contributed by atoms with Gasteiger partial charge in [-0.3, -0.25) is 9.59 Å². The lowest BCUT2D eigenvalue weighted by molar-refractivity contribution is -0.140. The molecule has 0 aliphatic heterocycles. The standard InChI is InChI=1S/C22H26ClFN2O2/c1-4-15(2)25-22(28)16(3)26(14-18-7-5-6-8-20(18)23)21(27)13-17-9-11-19(24)12-10-17/h5-12,15-16H,4,13-14H2,1-3H3,(H,25,28)/t15-,16-/m0/s1. The Kier molecular flexibility index (Phi) is 8.00. The molecule has 0 aliphatic rings. The van der Waals surface area contributed by atoms with E-state index in [1.807, 2.05) is 32.0 Å². The van der Waals surface area contributed by atoms with Gasteiger partial charge in [0.1, 0.15) is 11.9 Å². The highest BCUT2D eigenvalue weighted by Crippen LogP contribution is 2.19. The van der Waals surface area contributed by atoms with Gasteiger partial charge in [0, 0.05) is 17.6 Å². The number of halogens is 2. The van der Waals surface area contributed by atoms with Gasteiger partial charge in [-0.15, -0.1) is 0 Å². The van der Waals surface area contributed by atoms with E-state index in [2.05, 4.69) is 5.32 Å². The molecule has 2 amide bonds. The van der Waals surface area contributed by atoms with Gasteiger partial charge in [0.05, 0.1) is 6.42 Å². The minimum absolute atomic E-state index is 0.0179. The van der Waals surface area contributed by atoms with Crippen molar-refractivity contribution < 1.29 is 14.0 Å². The van der Waals surface area contributed by atoms with Crippen LogP contribution >= 0.6 is 11.6 Å². The van der Waals surface area contributed by atoms with Crippen molar-refractivity contribution in [3.8, 4) is 0 Å². The fourth-order valence-corrected chi connectivity index (χ4v) is 2.93. The Balaban J connectivity index is 2.23. The van der Waals surface area contributed by atoms with E-state index in [-0.39, 0.29) is 36.6 Å². The molecule has 0 saturated carbocycles. The summed E-state index contributed by atoms with van der Waals surface area (Å²) in [6.07, 6.45) is 0.873. The van der Waals surface area contributed by atoms with Crippen LogP contribution in [-0.4, -0.2) is 28.8 Å². The van der Waals surface area contributed by atoms with Crippen LogP contribution in [0.3, 0.4) is 0 Å². The normalized spacial score (nSPS) is 12.9. The summed E-state index contributed by atoms with van der Waals surface area (Å²) in [6, 6.07) is 12.4. The zero-order valence-electron chi connectivity index (χ0n) is 16.4. The predicted molar refractivity (Wildman–Crippen MR) is 109 cm³/mol. The van der Waals surface area contributed by atoms with Gasteiger partial charge >= 0.3 is 0 Å². The highest BCUT2D eigenvalue weighted by atomic mass is 35.5. The van der Waals surface area contributed by atoms with Crippen LogP contribution in [0.15, 0.2) is 48.5 Å². The number of carbonyl (C=O) groups excluding carboxylic acids is 2. The smallest absolute Gasteiger partial charge is 0.242 e. The SMILES string of the molecule is CC[C@H](C)NC(=O)[C@H](C)N(Cc1ccccc1Cl)C(=O)Cc1ccc(F)cc1. The Bertz CT molecular complexity index is 810. The van der Waals surface area contributed by atoms with Crippen LogP contribution in [0.4, 0.5) is 4.39 Å². The lowest BCUT2D eigenvalue weighted by Gasteiger charge is -2.30. The van der Waals surface area contributed by atoms with Crippen LogP contribution in [0.5, 0.6) is 0 Å². The quantitative estimate of drug-likeness (QED) is 0.710. The van der Waals surface area contributed by atoms with Gasteiger partial charge in [0.2, 0.25) is 11.8 Å². The van der Waals surface area contributed by atoms with Gasteiger partial charge in [-0.25, -0.2) is 4.39 Å². The fourth-order valence-electron chi connectivity index (χ4n) is 2.74. The zero-order chi connectivity index (χ0) is 20.7. The van der Waals surface area contributed by atoms with E-state index in [0.717, 1.165) is 12.0 Å². The molecule has 2 aromatic rings. The monoisotopic (exact) mass is 404 g/mol. The summed E-state index contributed by atoms with van der Waals surface area (Å²) in [5.41, 5.74) is 1.45. The summed E-state index contributed by atoms with van der Waals surface area (Å²) in [5, 5.41) is 3.46. The van der Waals surface area contributed by atoms with Crippen molar-refractivity contribution in [2.24, 2.45) is 0 Å². The summed E-state index contributed by atoms with van der Waals surface area (Å²) in [7, 11) is 0. The van der Waals surface area contributed by atoms with Crippen molar-refractivity contribution in [3.05, 3.63) is 70.5 Å².